The first-order chi connectivity index (χ1) is 15.1. The number of ether oxygens (including phenoxy) is 1. The van der Waals surface area contributed by atoms with E-state index in [1.54, 1.807) is 13.0 Å². The van der Waals surface area contributed by atoms with E-state index in [9.17, 15) is 23.3 Å². The number of sulfonamides is 1. The van der Waals surface area contributed by atoms with Gasteiger partial charge in [-0.05, 0) is 45.0 Å². The van der Waals surface area contributed by atoms with Gasteiger partial charge in [-0.15, -0.1) is 0 Å². The number of hydrogen-bond acceptors (Lipinski definition) is 7. The molecule has 0 bridgehead atoms. The van der Waals surface area contributed by atoms with Gasteiger partial charge in [-0.3, -0.25) is 14.9 Å². The number of rotatable bonds is 10. The molecule has 0 heterocycles. The highest BCUT2D eigenvalue weighted by atomic mass is 32.2. The van der Waals surface area contributed by atoms with Crippen LogP contribution in [0, 0.1) is 10.1 Å². The molecule has 10 nitrogen and oxygen atoms in total. The molecule has 1 amide bonds. The molecule has 2 aromatic carbocycles. The Balaban J connectivity index is 2.53. The fourth-order valence-corrected chi connectivity index (χ4v) is 4.17. The Morgan fingerprint density at radius 2 is 1.75 bits per heavy atom. The number of carbonyl (C=O) groups excluding carboxylic acids is 1. The van der Waals surface area contributed by atoms with Crippen molar-refractivity contribution >= 4 is 33.0 Å². The van der Waals surface area contributed by atoms with Crippen molar-refractivity contribution in [3.05, 3.63) is 52.1 Å². The van der Waals surface area contributed by atoms with E-state index in [1.807, 2.05) is 18.7 Å². The van der Waals surface area contributed by atoms with Gasteiger partial charge < -0.3 is 15.0 Å². The predicted octanol–water partition coefficient (Wildman–Crippen LogP) is 3.34. The van der Waals surface area contributed by atoms with Gasteiger partial charge in [-0.1, -0.05) is 0 Å². The van der Waals surface area contributed by atoms with Crippen molar-refractivity contribution in [3.63, 3.8) is 0 Å². The zero-order valence-corrected chi connectivity index (χ0v) is 19.6. The Morgan fingerprint density at radius 3 is 2.28 bits per heavy atom. The summed E-state index contributed by atoms with van der Waals surface area (Å²) < 4.78 is 31.9. The van der Waals surface area contributed by atoms with E-state index in [4.69, 9.17) is 4.74 Å². The van der Waals surface area contributed by atoms with Crippen molar-refractivity contribution in [3.8, 4) is 5.75 Å². The molecule has 32 heavy (non-hydrogen) atoms. The van der Waals surface area contributed by atoms with Gasteiger partial charge in [0, 0.05) is 45.0 Å². The summed E-state index contributed by atoms with van der Waals surface area (Å²) >= 11 is 0. The quantitative estimate of drug-likeness (QED) is 0.423. The number of anilines is 2. The van der Waals surface area contributed by atoms with Crippen molar-refractivity contribution < 1.29 is 22.9 Å². The second kappa shape index (κ2) is 10.4. The van der Waals surface area contributed by atoms with Crippen LogP contribution in [0.25, 0.3) is 0 Å². The van der Waals surface area contributed by atoms with E-state index >= 15 is 0 Å². The van der Waals surface area contributed by atoms with Crippen LogP contribution < -0.4 is 15.0 Å². The first kappa shape index (κ1) is 25.1. The van der Waals surface area contributed by atoms with Gasteiger partial charge in [-0.25, -0.2) is 12.7 Å². The van der Waals surface area contributed by atoms with Gasteiger partial charge >= 0.3 is 0 Å². The number of benzene rings is 2. The molecule has 0 aromatic heterocycles. The van der Waals surface area contributed by atoms with Crippen LogP contribution in [0.15, 0.2) is 41.3 Å². The van der Waals surface area contributed by atoms with Gasteiger partial charge in [0.15, 0.2) is 0 Å². The third-order valence-corrected chi connectivity index (χ3v) is 6.64. The molecule has 0 aliphatic heterocycles. The molecule has 0 aliphatic rings. The first-order valence-electron chi connectivity index (χ1n) is 10.1. The maximum absolute atomic E-state index is 13.1. The highest BCUT2D eigenvalue weighted by Gasteiger charge is 2.24. The Labute approximate surface area is 188 Å². The molecule has 174 valence electrons. The largest absolute Gasteiger partial charge is 0.492 e. The Morgan fingerprint density at radius 1 is 1.09 bits per heavy atom. The van der Waals surface area contributed by atoms with Crippen LogP contribution in [0.4, 0.5) is 17.1 Å². The zero-order chi connectivity index (χ0) is 24.1. The third-order valence-electron chi connectivity index (χ3n) is 4.80. The van der Waals surface area contributed by atoms with Crippen molar-refractivity contribution in [2.24, 2.45) is 0 Å². The summed E-state index contributed by atoms with van der Waals surface area (Å²) in [5.41, 5.74) is 0.670. The molecular weight excluding hydrogens is 436 g/mol. The van der Waals surface area contributed by atoms with Crippen LogP contribution >= 0.6 is 0 Å². The van der Waals surface area contributed by atoms with Crippen molar-refractivity contribution in [2.75, 3.05) is 44.0 Å². The summed E-state index contributed by atoms with van der Waals surface area (Å²) in [6, 6.07) is 8.41. The fraction of sp³-hybridized carbons (Fsp3) is 0.381. The number of non-ortho nitro benzene ring substituents is 1. The second-order valence-electron chi connectivity index (χ2n) is 6.97. The maximum Gasteiger partial charge on any atom is 0.270 e. The molecule has 1 N–H and O–H groups in total. The van der Waals surface area contributed by atoms with E-state index in [2.05, 4.69) is 5.32 Å². The topological polar surface area (TPSA) is 122 Å². The normalized spacial score (nSPS) is 11.3. The van der Waals surface area contributed by atoms with E-state index in [1.165, 1.54) is 44.4 Å². The molecule has 2 rings (SSSR count). The number of amides is 1. The minimum Gasteiger partial charge on any atom is -0.492 e. The van der Waals surface area contributed by atoms with Gasteiger partial charge in [0.05, 0.1) is 22.8 Å². The van der Waals surface area contributed by atoms with E-state index in [0.717, 1.165) is 4.31 Å². The highest BCUT2D eigenvalue weighted by Crippen LogP contribution is 2.31. The third kappa shape index (κ3) is 5.35. The number of nitrogens with one attached hydrogen (secondary N) is 1. The number of carbonyl (C=O) groups is 1. The Kier molecular flexibility index (Phi) is 8.17. The molecule has 11 heteroatoms. The number of nitrogens with zero attached hydrogens (tertiary/aromatic N) is 3. The van der Waals surface area contributed by atoms with Gasteiger partial charge in [0.1, 0.15) is 10.6 Å². The lowest BCUT2D eigenvalue weighted by atomic mass is 10.1. The lowest BCUT2D eigenvalue weighted by Crippen LogP contribution is -2.26. The first-order valence-corrected chi connectivity index (χ1v) is 11.5. The molecule has 0 fully saturated rings. The smallest absolute Gasteiger partial charge is 0.270 e. The zero-order valence-electron chi connectivity index (χ0n) is 18.8. The summed E-state index contributed by atoms with van der Waals surface area (Å²) in [5, 5.41) is 13.9. The lowest BCUT2D eigenvalue weighted by Gasteiger charge is -2.23. The predicted molar refractivity (Wildman–Crippen MR) is 123 cm³/mol. The summed E-state index contributed by atoms with van der Waals surface area (Å²) in [6.07, 6.45) is 0. The molecule has 0 unspecified atom stereocenters. The van der Waals surface area contributed by atoms with Gasteiger partial charge in [-0.2, -0.15) is 0 Å². The average molecular weight is 465 g/mol. The highest BCUT2D eigenvalue weighted by molar-refractivity contribution is 7.89. The molecule has 0 aliphatic carbocycles. The Hall–Kier alpha value is -3.18. The van der Waals surface area contributed by atoms with E-state index in [0.29, 0.717) is 18.8 Å². The minimum atomic E-state index is -3.84. The van der Waals surface area contributed by atoms with Crippen LogP contribution in [0.1, 0.15) is 31.1 Å². The second-order valence-corrected chi connectivity index (χ2v) is 9.09. The number of hydrogen-bond donors (Lipinski definition) is 1. The van der Waals surface area contributed by atoms with Crippen LogP contribution in [0.3, 0.4) is 0 Å². The summed E-state index contributed by atoms with van der Waals surface area (Å²) in [7, 11) is -1.04. The molecule has 0 radical (unpaired) electrons. The van der Waals surface area contributed by atoms with Crippen LogP contribution in [-0.4, -0.2) is 57.3 Å². The van der Waals surface area contributed by atoms with Crippen molar-refractivity contribution in [1.82, 2.24) is 4.31 Å². The van der Waals surface area contributed by atoms with E-state index < -0.39 is 20.9 Å². The number of nitro groups is 1. The molecule has 0 atom stereocenters. The molecular formula is C21H28N4O6S. The molecule has 0 saturated heterocycles. The molecule has 0 saturated carbocycles. The standard InChI is InChI=1S/C21H28N4O6S/c1-6-24(7-2)18-11-10-16(25(27)28)14-17(18)21(26)22-15-9-12-19(31-8-3)20(13-15)32(29,30)23(4)5/h9-14H,6-8H2,1-5H3,(H,22,26). The fourth-order valence-electron chi connectivity index (χ4n) is 3.12. The lowest BCUT2D eigenvalue weighted by molar-refractivity contribution is -0.384. The van der Waals surface area contributed by atoms with Gasteiger partial charge in [0.2, 0.25) is 10.0 Å². The SMILES string of the molecule is CCOc1ccc(NC(=O)c2cc([N+](=O)[O-])ccc2N(CC)CC)cc1S(=O)(=O)N(C)C. The van der Waals surface area contributed by atoms with Crippen molar-refractivity contribution in [2.45, 2.75) is 25.7 Å². The number of nitro benzene ring substituents is 1. The minimum absolute atomic E-state index is 0.0924. The van der Waals surface area contributed by atoms with Crippen molar-refractivity contribution in [1.29, 1.82) is 0 Å². The monoisotopic (exact) mass is 464 g/mol. The summed E-state index contributed by atoms with van der Waals surface area (Å²) in [6.45, 7) is 7.03. The Bertz CT molecular complexity index is 1100. The molecule has 2 aromatic rings. The van der Waals surface area contributed by atoms with Crippen LogP contribution in [0.2, 0.25) is 0 Å². The van der Waals surface area contributed by atoms with Crippen LogP contribution in [-0.2, 0) is 10.0 Å². The van der Waals surface area contributed by atoms with E-state index in [-0.39, 0.29) is 34.2 Å². The van der Waals surface area contributed by atoms with Gasteiger partial charge in [0.25, 0.3) is 11.6 Å². The van der Waals surface area contributed by atoms with Crippen LogP contribution in [0.5, 0.6) is 5.75 Å². The summed E-state index contributed by atoms with van der Waals surface area (Å²) in [4.78, 5) is 25.6. The average Bonchev–Trinajstić information content (AvgIpc) is 2.75. The summed E-state index contributed by atoms with van der Waals surface area (Å²) in [5.74, 6) is -0.425. The maximum atomic E-state index is 13.1. The molecule has 0 spiro atoms.